The second kappa shape index (κ2) is 3.41. The lowest BCUT2D eigenvalue weighted by molar-refractivity contribution is 0.00192. The molecule has 0 unspecified atom stereocenters. The molecule has 0 saturated heterocycles. The predicted molar refractivity (Wildman–Crippen MR) is 32.2 cm³/mol. The standard InChI is InChI=1S/C6H10O2/c1-3-5(2)4-6(7)8/h3-4,6-8H,1H2,2H3. The highest BCUT2D eigenvalue weighted by molar-refractivity contribution is 5.13. The Morgan fingerprint density at radius 3 is 2.25 bits per heavy atom. The molecule has 0 radical (unpaired) electrons. The Kier molecular flexibility index (Phi) is 3.15. The van der Waals surface area contributed by atoms with Crippen molar-refractivity contribution in [3.8, 4) is 0 Å². The van der Waals surface area contributed by atoms with Crippen LogP contribution in [0.3, 0.4) is 0 Å². The van der Waals surface area contributed by atoms with Crippen LogP contribution in [0.15, 0.2) is 24.3 Å². The summed E-state index contributed by atoms with van der Waals surface area (Å²) < 4.78 is 0. The van der Waals surface area contributed by atoms with Gasteiger partial charge in [-0.2, -0.15) is 0 Å². The topological polar surface area (TPSA) is 40.5 Å². The Bertz CT molecular complexity index is 103. The van der Waals surface area contributed by atoms with Gasteiger partial charge in [-0.25, -0.2) is 0 Å². The van der Waals surface area contributed by atoms with Gasteiger partial charge in [-0.15, -0.1) is 0 Å². The molecular formula is C6H10O2. The van der Waals surface area contributed by atoms with E-state index >= 15 is 0 Å². The number of allylic oxidation sites excluding steroid dienone is 2. The molecule has 0 aliphatic heterocycles. The van der Waals surface area contributed by atoms with Gasteiger partial charge in [0.25, 0.3) is 0 Å². The van der Waals surface area contributed by atoms with E-state index < -0.39 is 6.29 Å². The van der Waals surface area contributed by atoms with Gasteiger partial charge in [-0.1, -0.05) is 18.2 Å². The molecule has 0 aromatic heterocycles. The monoisotopic (exact) mass is 114 g/mol. The normalized spacial score (nSPS) is 12.2. The highest BCUT2D eigenvalue weighted by Gasteiger charge is 1.87. The molecule has 0 heterocycles. The predicted octanol–water partition coefficient (Wildman–Crippen LogP) is 0.429. The summed E-state index contributed by atoms with van der Waals surface area (Å²) in [5.74, 6) is 0. The maximum atomic E-state index is 8.29. The van der Waals surface area contributed by atoms with Crippen LogP contribution in [0, 0.1) is 0 Å². The number of aliphatic hydroxyl groups excluding tert-OH is 1. The Labute approximate surface area is 48.8 Å². The number of hydrogen-bond acceptors (Lipinski definition) is 2. The summed E-state index contributed by atoms with van der Waals surface area (Å²) in [7, 11) is 0. The molecule has 0 spiro atoms. The Balaban J connectivity index is 3.74. The zero-order chi connectivity index (χ0) is 6.57. The second-order valence-electron chi connectivity index (χ2n) is 1.53. The first kappa shape index (κ1) is 7.40. The molecule has 46 valence electrons. The average molecular weight is 114 g/mol. The van der Waals surface area contributed by atoms with E-state index in [9.17, 15) is 0 Å². The maximum Gasteiger partial charge on any atom is 0.171 e. The molecule has 2 heteroatoms. The largest absolute Gasteiger partial charge is 0.365 e. The van der Waals surface area contributed by atoms with E-state index in [2.05, 4.69) is 6.58 Å². The van der Waals surface area contributed by atoms with E-state index in [1.807, 2.05) is 0 Å². The van der Waals surface area contributed by atoms with E-state index in [0.717, 1.165) is 5.57 Å². The molecule has 0 aromatic rings. The molecule has 8 heavy (non-hydrogen) atoms. The summed E-state index contributed by atoms with van der Waals surface area (Å²) in [6, 6.07) is 0. The van der Waals surface area contributed by atoms with E-state index in [-0.39, 0.29) is 0 Å². The van der Waals surface area contributed by atoms with Gasteiger partial charge in [-0.3, -0.25) is 0 Å². The van der Waals surface area contributed by atoms with Crippen LogP contribution >= 0.6 is 0 Å². The first-order chi connectivity index (χ1) is 3.66. The molecular weight excluding hydrogens is 104 g/mol. The van der Waals surface area contributed by atoms with Crippen LogP contribution in [0.4, 0.5) is 0 Å². The van der Waals surface area contributed by atoms with Crippen molar-refractivity contribution in [2.45, 2.75) is 13.2 Å². The van der Waals surface area contributed by atoms with Gasteiger partial charge in [0, 0.05) is 0 Å². The second-order valence-corrected chi connectivity index (χ2v) is 1.53. The molecule has 0 aliphatic rings. The van der Waals surface area contributed by atoms with Crippen LogP contribution in [0.25, 0.3) is 0 Å². The molecule has 0 aliphatic carbocycles. The van der Waals surface area contributed by atoms with Crippen molar-refractivity contribution in [1.82, 2.24) is 0 Å². The smallest absolute Gasteiger partial charge is 0.171 e. The van der Waals surface area contributed by atoms with Crippen LogP contribution in [0.2, 0.25) is 0 Å². The molecule has 0 bridgehead atoms. The molecule has 0 rings (SSSR count). The van der Waals surface area contributed by atoms with Crippen LogP contribution in [0.1, 0.15) is 6.92 Å². The minimum absolute atomic E-state index is 0.764. The third kappa shape index (κ3) is 3.59. The van der Waals surface area contributed by atoms with Crippen molar-refractivity contribution in [3.63, 3.8) is 0 Å². The lowest BCUT2D eigenvalue weighted by atomic mass is 10.3. The van der Waals surface area contributed by atoms with Crippen molar-refractivity contribution in [1.29, 1.82) is 0 Å². The Hall–Kier alpha value is -0.600. The van der Waals surface area contributed by atoms with Crippen molar-refractivity contribution in [3.05, 3.63) is 24.3 Å². The third-order valence-corrected chi connectivity index (χ3v) is 0.734. The van der Waals surface area contributed by atoms with Crippen molar-refractivity contribution in [2.75, 3.05) is 0 Å². The van der Waals surface area contributed by atoms with Gasteiger partial charge in [0.05, 0.1) is 0 Å². The molecule has 0 aromatic carbocycles. The minimum Gasteiger partial charge on any atom is -0.365 e. The molecule has 0 fully saturated rings. The zero-order valence-electron chi connectivity index (χ0n) is 4.83. The molecule has 0 atom stereocenters. The van der Waals surface area contributed by atoms with E-state index in [1.165, 1.54) is 6.08 Å². The summed E-state index contributed by atoms with van der Waals surface area (Å²) in [4.78, 5) is 0. The van der Waals surface area contributed by atoms with Gasteiger partial charge < -0.3 is 10.2 Å². The summed E-state index contributed by atoms with van der Waals surface area (Å²) >= 11 is 0. The number of hydrogen-bond donors (Lipinski definition) is 2. The first-order valence-corrected chi connectivity index (χ1v) is 2.34. The van der Waals surface area contributed by atoms with Crippen molar-refractivity contribution in [2.24, 2.45) is 0 Å². The van der Waals surface area contributed by atoms with Crippen LogP contribution in [-0.2, 0) is 0 Å². The molecule has 0 amide bonds. The number of rotatable bonds is 2. The third-order valence-electron chi connectivity index (χ3n) is 0.734. The van der Waals surface area contributed by atoms with E-state index in [4.69, 9.17) is 10.2 Å². The summed E-state index contributed by atoms with van der Waals surface area (Å²) in [6.07, 6.45) is 1.50. The van der Waals surface area contributed by atoms with E-state index in [0.29, 0.717) is 0 Å². The Morgan fingerprint density at radius 1 is 1.62 bits per heavy atom. The van der Waals surface area contributed by atoms with E-state index in [1.54, 1.807) is 13.0 Å². The van der Waals surface area contributed by atoms with Gasteiger partial charge in [0.15, 0.2) is 6.29 Å². The summed E-state index contributed by atoms with van der Waals surface area (Å²) in [5, 5.41) is 16.6. The highest BCUT2D eigenvalue weighted by Crippen LogP contribution is 1.92. The maximum absolute atomic E-state index is 8.29. The molecule has 0 saturated carbocycles. The van der Waals surface area contributed by atoms with Crippen LogP contribution in [0.5, 0.6) is 0 Å². The fraction of sp³-hybridized carbons (Fsp3) is 0.333. The highest BCUT2D eigenvalue weighted by atomic mass is 16.5. The Morgan fingerprint density at radius 2 is 2.12 bits per heavy atom. The zero-order valence-corrected chi connectivity index (χ0v) is 4.83. The quantitative estimate of drug-likeness (QED) is 0.403. The summed E-state index contributed by atoms with van der Waals surface area (Å²) in [5.41, 5.74) is 0.764. The van der Waals surface area contributed by atoms with Crippen molar-refractivity contribution >= 4 is 0 Å². The van der Waals surface area contributed by atoms with Crippen LogP contribution in [-0.4, -0.2) is 16.5 Å². The van der Waals surface area contributed by atoms with Gasteiger partial charge in [-0.05, 0) is 13.0 Å². The fourth-order valence-electron chi connectivity index (χ4n) is 0.303. The lowest BCUT2D eigenvalue weighted by Crippen LogP contribution is -1.98. The molecule has 2 nitrogen and oxygen atoms in total. The van der Waals surface area contributed by atoms with Crippen molar-refractivity contribution < 1.29 is 10.2 Å². The minimum atomic E-state index is -1.35. The first-order valence-electron chi connectivity index (χ1n) is 2.34. The summed E-state index contributed by atoms with van der Waals surface area (Å²) in [6.45, 7) is 5.17. The molecule has 2 N–H and O–H groups in total. The number of aliphatic hydroxyl groups is 2. The fourth-order valence-corrected chi connectivity index (χ4v) is 0.303. The average Bonchev–Trinajstić information content (AvgIpc) is 1.65. The van der Waals surface area contributed by atoms with Gasteiger partial charge in [0.2, 0.25) is 0 Å². The van der Waals surface area contributed by atoms with Crippen LogP contribution < -0.4 is 0 Å². The SMILES string of the molecule is C=CC(C)=CC(O)O. The lowest BCUT2D eigenvalue weighted by Gasteiger charge is -1.93. The van der Waals surface area contributed by atoms with Gasteiger partial charge in [0.1, 0.15) is 0 Å². The van der Waals surface area contributed by atoms with Gasteiger partial charge >= 0.3 is 0 Å².